The van der Waals surface area contributed by atoms with E-state index in [1.807, 2.05) is 54.3 Å². The van der Waals surface area contributed by atoms with Gasteiger partial charge in [0.15, 0.2) is 0 Å². The van der Waals surface area contributed by atoms with Crippen LogP contribution in [0.2, 0.25) is 0 Å². The smallest absolute Gasteiger partial charge is 0.246 e. The van der Waals surface area contributed by atoms with Gasteiger partial charge < -0.3 is 20.3 Å². The summed E-state index contributed by atoms with van der Waals surface area (Å²) in [6, 6.07) is 12.5. The first-order chi connectivity index (χ1) is 16.6. The number of hydrogen-bond donors (Lipinski definition) is 2. The summed E-state index contributed by atoms with van der Waals surface area (Å²) in [5.41, 5.74) is 0.830. The lowest BCUT2D eigenvalue weighted by atomic mass is 9.83. The van der Waals surface area contributed by atoms with Crippen molar-refractivity contribution in [2.75, 3.05) is 13.6 Å². The van der Waals surface area contributed by atoms with E-state index in [2.05, 4.69) is 15.6 Å². The van der Waals surface area contributed by atoms with Crippen LogP contribution in [0, 0.1) is 5.92 Å². The van der Waals surface area contributed by atoms with Gasteiger partial charge in [-0.2, -0.15) is 0 Å². The van der Waals surface area contributed by atoms with E-state index in [1.165, 1.54) is 6.42 Å². The van der Waals surface area contributed by atoms with Crippen LogP contribution in [0.5, 0.6) is 11.5 Å². The molecule has 182 valence electrons. The van der Waals surface area contributed by atoms with E-state index in [0.717, 1.165) is 50.0 Å². The van der Waals surface area contributed by atoms with Crippen LogP contribution in [-0.4, -0.2) is 47.4 Å². The van der Waals surface area contributed by atoms with Crippen molar-refractivity contribution >= 4 is 11.8 Å². The van der Waals surface area contributed by atoms with E-state index in [4.69, 9.17) is 4.74 Å². The highest BCUT2D eigenvalue weighted by molar-refractivity contribution is 5.90. The van der Waals surface area contributed by atoms with E-state index in [9.17, 15) is 9.59 Å². The Bertz CT molecular complexity index is 961. The molecular formula is C27H36N4O3. The van der Waals surface area contributed by atoms with Crippen molar-refractivity contribution in [3.8, 4) is 11.5 Å². The number of likely N-dealkylation sites (N-methyl/N-ethyl adjacent to an activating group) is 1. The molecular weight excluding hydrogens is 428 g/mol. The summed E-state index contributed by atoms with van der Waals surface area (Å²) < 4.78 is 6.00. The molecule has 1 aromatic carbocycles. The van der Waals surface area contributed by atoms with Gasteiger partial charge in [0, 0.05) is 18.8 Å². The quantitative estimate of drug-likeness (QED) is 0.611. The standard InChI is InChI=1S/C27H36N4O3/c1-19(28-2)26(32)30-25(20-10-5-3-6-11-20)27(33)31-17-9-14-24(31)23-18-22(15-16-29-23)34-21-12-7-4-8-13-21/h4,7-8,12-13,15-16,18-20,24-25,28H,3,5-6,9-11,14,17H2,1-2H3,(H,30,32)/t19?,24?,25-/m0/s1. The highest BCUT2D eigenvalue weighted by Gasteiger charge is 2.39. The number of carbonyl (C=O) groups excluding carboxylic acids is 2. The Morgan fingerprint density at radius 1 is 1.03 bits per heavy atom. The number of nitrogens with one attached hydrogen (secondary N) is 2. The second-order valence-electron chi connectivity index (χ2n) is 9.42. The molecule has 0 bridgehead atoms. The van der Waals surface area contributed by atoms with E-state index >= 15 is 0 Å². The van der Waals surface area contributed by atoms with Crippen molar-refractivity contribution in [1.29, 1.82) is 0 Å². The third kappa shape index (κ3) is 5.76. The first kappa shape index (κ1) is 24.2. The molecule has 1 aromatic heterocycles. The normalized spacial score (nSPS) is 20.5. The fraction of sp³-hybridized carbons (Fsp3) is 0.519. The fourth-order valence-electron chi connectivity index (χ4n) is 5.07. The second kappa shape index (κ2) is 11.5. The highest BCUT2D eigenvalue weighted by atomic mass is 16.5. The van der Waals surface area contributed by atoms with Crippen molar-refractivity contribution in [2.45, 2.75) is 70.0 Å². The maximum absolute atomic E-state index is 13.9. The summed E-state index contributed by atoms with van der Waals surface area (Å²) >= 11 is 0. The number of benzene rings is 1. The Kier molecular flexibility index (Phi) is 8.16. The lowest BCUT2D eigenvalue weighted by Gasteiger charge is -2.35. The van der Waals surface area contributed by atoms with Crippen LogP contribution < -0.4 is 15.4 Å². The molecule has 1 saturated carbocycles. The van der Waals surface area contributed by atoms with Crippen LogP contribution in [0.4, 0.5) is 0 Å². The van der Waals surface area contributed by atoms with Gasteiger partial charge in [0.2, 0.25) is 11.8 Å². The van der Waals surface area contributed by atoms with Crippen LogP contribution in [-0.2, 0) is 9.59 Å². The monoisotopic (exact) mass is 464 g/mol. The molecule has 4 rings (SSSR count). The molecule has 2 amide bonds. The molecule has 2 aliphatic rings. The molecule has 2 aromatic rings. The number of nitrogens with zero attached hydrogens (tertiary/aromatic N) is 2. The molecule has 2 heterocycles. The molecule has 7 heteroatoms. The van der Waals surface area contributed by atoms with Crippen molar-refractivity contribution in [3.05, 3.63) is 54.4 Å². The SMILES string of the molecule is CNC(C)C(=O)N[C@H](C(=O)N1CCCC1c1cc(Oc2ccccc2)ccn1)C1CCCCC1. The number of carbonyl (C=O) groups is 2. The molecule has 34 heavy (non-hydrogen) atoms. The zero-order valence-corrected chi connectivity index (χ0v) is 20.2. The number of rotatable bonds is 8. The molecule has 3 atom stereocenters. The van der Waals surface area contributed by atoms with Gasteiger partial charge in [-0.05, 0) is 63.8 Å². The number of hydrogen-bond acceptors (Lipinski definition) is 5. The van der Waals surface area contributed by atoms with Crippen molar-refractivity contribution in [3.63, 3.8) is 0 Å². The minimum atomic E-state index is -0.493. The lowest BCUT2D eigenvalue weighted by molar-refractivity contribution is -0.139. The largest absolute Gasteiger partial charge is 0.457 e. The van der Waals surface area contributed by atoms with E-state index in [1.54, 1.807) is 13.2 Å². The Morgan fingerprint density at radius 3 is 2.53 bits per heavy atom. The molecule has 0 radical (unpaired) electrons. The summed E-state index contributed by atoms with van der Waals surface area (Å²) in [6.07, 6.45) is 8.87. The topological polar surface area (TPSA) is 83.6 Å². The maximum atomic E-state index is 13.9. The van der Waals surface area contributed by atoms with Crippen LogP contribution in [0.15, 0.2) is 48.7 Å². The summed E-state index contributed by atoms with van der Waals surface area (Å²) in [5.74, 6) is 1.53. The van der Waals surface area contributed by atoms with Crippen LogP contribution in [0.1, 0.15) is 63.6 Å². The predicted octanol–water partition coefficient (Wildman–Crippen LogP) is 4.21. The zero-order valence-electron chi connectivity index (χ0n) is 20.2. The van der Waals surface area contributed by atoms with Crippen LogP contribution >= 0.6 is 0 Å². The van der Waals surface area contributed by atoms with E-state index in [0.29, 0.717) is 12.3 Å². The highest BCUT2D eigenvalue weighted by Crippen LogP contribution is 2.35. The van der Waals surface area contributed by atoms with Gasteiger partial charge in [0.1, 0.15) is 17.5 Å². The Labute approximate surface area is 202 Å². The maximum Gasteiger partial charge on any atom is 0.246 e. The van der Waals surface area contributed by atoms with E-state index in [-0.39, 0.29) is 29.8 Å². The zero-order chi connectivity index (χ0) is 23.9. The Morgan fingerprint density at radius 2 is 1.79 bits per heavy atom. The first-order valence-corrected chi connectivity index (χ1v) is 12.5. The average Bonchev–Trinajstić information content (AvgIpc) is 3.38. The number of ether oxygens (including phenoxy) is 1. The van der Waals surface area contributed by atoms with Crippen molar-refractivity contribution in [2.24, 2.45) is 5.92 Å². The van der Waals surface area contributed by atoms with Crippen molar-refractivity contribution < 1.29 is 14.3 Å². The molecule has 1 aliphatic heterocycles. The molecule has 1 saturated heterocycles. The van der Waals surface area contributed by atoms with Gasteiger partial charge in [-0.25, -0.2) is 0 Å². The Hall–Kier alpha value is -2.93. The van der Waals surface area contributed by atoms with Crippen LogP contribution in [0.25, 0.3) is 0 Å². The summed E-state index contributed by atoms with van der Waals surface area (Å²) in [5, 5.41) is 6.07. The van der Waals surface area contributed by atoms with Gasteiger partial charge in [-0.15, -0.1) is 0 Å². The van der Waals surface area contributed by atoms with Gasteiger partial charge in [-0.1, -0.05) is 37.5 Å². The number of amides is 2. The van der Waals surface area contributed by atoms with Gasteiger partial charge in [0.25, 0.3) is 0 Å². The fourth-order valence-corrected chi connectivity index (χ4v) is 5.07. The average molecular weight is 465 g/mol. The van der Waals surface area contributed by atoms with Crippen molar-refractivity contribution in [1.82, 2.24) is 20.5 Å². The van der Waals surface area contributed by atoms with Crippen LogP contribution in [0.3, 0.4) is 0 Å². The number of para-hydroxylation sites is 1. The van der Waals surface area contributed by atoms with Gasteiger partial charge in [-0.3, -0.25) is 14.6 Å². The van der Waals surface area contributed by atoms with Gasteiger partial charge >= 0.3 is 0 Å². The minimum absolute atomic E-state index is 0.0160. The minimum Gasteiger partial charge on any atom is -0.457 e. The summed E-state index contributed by atoms with van der Waals surface area (Å²) in [7, 11) is 1.76. The number of likely N-dealkylation sites (tertiary alicyclic amines) is 1. The summed E-state index contributed by atoms with van der Waals surface area (Å²) in [6.45, 7) is 2.49. The van der Waals surface area contributed by atoms with Gasteiger partial charge in [0.05, 0.1) is 17.8 Å². The van der Waals surface area contributed by atoms with E-state index < -0.39 is 6.04 Å². The molecule has 2 fully saturated rings. The predicted molar refractivity (Wildman–Crippen MR) is 131 cm³/mol. The number of pyridine rings is 1. The second-order valence-corrected chi connectivity index (χ2v) is 9.42. The third-order valence-corrected chi connectivity index (χ3v) is 7.12. The number of aromatic nitrogens is 1. The summed E-state index contributed by atoms with van der Waals surface area (Å²) in [4.78, 5) is 33.2. The molecule has 2 N–H and O–H groups in total. The molecule has 7 nitrogen and oxygen atoms in total. The Balaban J connectivity index is 1.53. The lowest BCUT2D eigenvalue weighted by Crippen LogP contribution is -2.55. The first-order valence-electron chi connectivity index (χ1n) is 12.5. The molecule has 0 spiro atoms. The third-order valence-electron chi connectivity index (χ3n) is 7.12. The molecule has 1 aliphatic carbocycles. The molecule has 2 unspecified atom stereocenters.